The first-order valence-electron chi connectivity index (χ1n) is 5.42. The molecule has 20 heavy (non-hydrogen) atoms. The van der Waals surface area contributed by atoms with Crippen LogP contribution in [-0.4, -0.2) is 37.5 Å². The molecule has 0 aromatic heterocycles. The number of carboxylic acid groups (broad SMARTS) is 1. The highest BCUT2D eigenvalue weighted by atomic mass is 127. The van der Waals surface area contributed by atoms with Crippen molar-refractivity contribution in [2.75, 3.05) is 18.1 Å². The Kier molecular flexibility index (Phi) is 6.81. The number of carboxylic acids is 1. The van der Waals surface area contributed by atoms with Crippen molar-refractivity contribution in [3.8, 4) is 12.3 Å². The van der Waals surface area contributed by atoms with Crippen LogP contribution >= 0.6 is 34.4 Å². The Labute approximate surface area is 135 Å². The number of hydrogen-bond donors (Lipinski definition) is 2. The normalized spacial score (nSPS) is 11.0. The molecular formula is C12H12INO4S2. The topological polar surface area (TPSA) is 83.5 Å². The molecule has 0 heterocycles. The van der Waals surface area contributed by atoms with E-state index in [1.165, 1.54) is 23.9 Å². The molecule has 0 aliphatic rings. The average molecular weight is 425 g/mol. The van der Waals surface area contributed by atoms with Crippen LogP contribution in [0.15, 0.2) is 23.1 Å². The molecule has 0 unspecified atom stereocenters. The van der Waals surface area contributed by atoms with Gasteiger partial charge >= 0.3 is 5.97 Å². The van der Waals surface area contributed by atoms with Gasteiger partial charge in [0.1, 0.15) is 0 Å². The van der Waals surface area contributed by atoms with Crippen LogP contribution < -0.4 is 4.72 Å². The number of aromatic carboxylic acids is 1. The highest BCUT2D eigenvalue weighted by Crippen LogP contribution is 2.18. The lowest BCUT2D eigenvalue weighted by Gasteiger charge is -2.08. The molecule has 0 aliphatic heterocycles. The van der Waals surface area contributed by atoms with Crippen molar-refractivity contribution < 1.29 is 18.3 Å². The van der Waals surface area contributed by atoms with Gasteiger partial charge in [0.25, 0.3) is 0 Å². The van der Waals surface area contributed by atoms with Gasteiger partial charge in [0, 0.05) is 15.9 Å². The first-order valence-corrected chi connectivity index (χ1v) is 9.14. The van der Waals surface area contributed by atoms with Crippen molar-refractivity contribution >= 4 is 50.3 Å². The largest absolute Gasteiger partial charge is 0.478 e. The van der Waals surface area contributed by atoms with Gasteiger partial charge in [-0.15, -0.1) is 18.2 Å². The molecule has 1 aromatic rings. The summed E-state index contributed by atoms with van der Waals surface area (Å²) in [6.45, 7) is 0.239. The molecule has 5 nitrogen and oxygen atoms in total. The molecule has 1 rings (SSSR count). The van der Waals surface area contributed by atoms with Gasteiger partial charge < -0.3 is 5.11 Å². The standard InChI is InChI=1S/C12H12INO4S2/c1-2-6-19-7-5-14-20(17,18)9-3-4-11(13)10(8-9)12(15)16/h1,3-4,8,14H,5-7H2,(H,15,16). The molecule has 0 amide bonds. The predicted octanol–water partition coefficient (Wildman–Crippen LogP) is 1.63. The van der Waals surface area contributed by atoms with Crippen LogP contribution in [0.3, 0.4) is 0 Å². The van der Waals surface area contributed by atoms with Crippen molar-refractivity contribution in [1.82, 2.24) is 4.72 Å². The van der Waals surface area contributed by atoms with Crippen molar-refractivity contribution in [2.45, 2.75) is 4.90 Å². The van der Waals surface area contributed by atoms with Crippen LogP contribution in [0.25, 0.3) is 0 Å². The number of sulfonamides is 1. The third-order valence-corrected chi connectivity index (χ3v) is 5.47. The van der Waals surface area contributed by atoms with E-state index in [1.54, 1.807) is 0 Å². The Morgan fingerprint density at radius 3 is 2.80 bits per heavy atom. The van der Waals surface area contributed by atoms with Gasteiger partial charge in [0.2, 0.25) is 10.0 Å². The summed E-state index contributed by atoms with van der Waals surface area (Å²) in [6.07, 6.45) is 5.08. The van der Waals surface area contributed by atoms with Gasteiger partial charge in [-0.3, -0.25) is 0 Å². The van der Waals surface area contributed by atoms with Crippen molar-refractivity contribution in [1.29, 1.82) is 0 Å². The fraction of sp³-hybridized carbons (Fsp3) is 0.250. The molecule has 2 N–H and O–H groups in total. The zero-order valence-electron chi connectivity index (χ0n) is 10.3. The summed E-state index contributed by atoms with van der Waals surface area (Å²) < 4.78 is 26.9. The van der Waals surface area contributed by atoms with Gasteiger partial charge in [-0.1, -0.05) is 5.92 Å². The summed E-state index contributed by atoms with van der Waals surface area (Å²) in [6, 6.07) is 4.00. The Hall–Kier alpha value is -0.760. The van der Waals surface area contributed by atoms with Crippen molar-refractivity contribution in [3.63, 3.8) is 0 Å². The number of benzene rings is 1. The van der Waals surface area contributed by atoms with Crippen LogP contribution in [0.5, 0.6) is 0 Å². The van der Waals surface area contributed by atoms with E-state index in [1.807, 2.05) is 22.6 Å². The van der Waals surface area contributed by atoms with Gasteiger partial charge in [-0.2, -0.15) is 0 Å². The third-order valence-electron chi connectivity index (χ3n) is 2.20. The molecule has 0 saturated heterocycles. The molecule has 0 atom stereocenters. The molecular weight excluding hydrogens is 413 g/mol. The molecule has 0 fully saturated rings. The van der Waals surface area contributed by atoms with E-state index in [0.717, 1.165) is 6.07 Å². The number of hydrogen-bond acceptors (Lipinski definition) is 4. The summed E-state index contributed by atoms with van der Waals surface area (Å²) in [5.41, 5.74) is -0.0322. The minimum atomic E-state index is -3.70. The summed E-state index contributed by atoms with van der Waals surface area (Å²) >= 11 is 3.29. The first kappa shape index (κ1) is 17.3. The lowest BCUT2D eigenvalue weighted by molar-refractivity contribution is 0.0695. The zero-order valence-corrected chi connectivity index (χ0v) is 14.1. The van der Waals surface area contributed by atoms with Crippen molar-refractivity contribution in [3.05, 3.63) is 27.3 Å². The molecule has 1 aromatic carbocycles. The van der Waals surface area contributed by atoms with Crippen LogP contribution in [0, 0.1) is 15.9 Å². The zero-order chi connectivity index (χ0) is 15.2. The maximum atomic E-state index is 12.0. The van der Waals surface area contributed by atoms with Crippen LogP contribution in [-0.2, 0) is 10.0 Å². The van der Waals surface area contributed by atoms with E-state index >= 15 is 0 Å². The lowest BCUT2D eigenvalue weighted by Crippen LogP contribution is -2.26. The SMILES string of the molecule is C#CCSCCNS(=O)(=O)c1ccc(I)c(C(=O)O)c1. The summed E-state index contributed by atoms with van der Waals surface area (Å²) in [5.74, 6) is 2.36. The van der Waals surface area contributed by atoms with Gasteiger partial charge in [-0.25, -0.2) is 17.9 Å². The van der Waals surface area contributed by atoms with E-state index in [4.69, 9.17) is 11.5 Å². The molecule has 108 valence electrons. The minimum Gasteiger partial charge on any atom is -0.478 e. The van der Waals surface area contributed by atoms with Gasteiger partial charge in [0.15, 0.2) is 0 Å². The second-order valence-electron chi connectivity index (χ2n) is 3.60. The van der Waals surface area contributed by atoms with E-state index < -0.39 is 16.0 Å². The predicted molar refractivity (Wildman–Crippen MR) is 87.5 cm³/mol. The molecule has 0 saturated carbocycles. The van der Waals surface area contributed by atoms with E-state index in [9.17, 15) is 13.2 Å². The number of carbonyl (C=O) groups is 1. The fourth-order valence-corrected chi connectivity index (χ4v) is 3.56. The second-order valence-corrected chi connectivity index (χ2v) is 7.64. The van der Waals surface area contributed by atoms with Crippen LogP contribution in [0.2, 0.25) is 0 Å². The monoisotopic (exact) mass is 425 g/mol. The van der Waals surface area contributed by atoms with Crippen LogP contribution in [0.1, 0.15) is 10.4 Å². The van der Waals surface area contributed by atoms with Gasteiger partial charge in [-0.05, 0) is 40.8 Å². The summed E-state index contributed by atoms with van der Waals surface area (Å²) in [5, 5.41) is 8.99. The number of thioether (sulfide) groups is 1. The number of nitrogens with one attached hydrogen (secondary N) is 1. The fourth-order valence-electron chi connectivity index (χ4n) is 1.30. The maximum Gasteiger partial charge on any atom is 0.336 e. The first-order chi connectivity index (χ1) is 9.38. The smallest absolute Gasteiger partial charge is 0.336 e. The minimum absolute atomic E-state index is 0.0322. The van der Waals surface area contributed by atoms with Gasteiger partial charge in [0.05, 0.1) is 16.2 Å². The Bertz CT molecular complexity index is 637. The molecule has 0 spiro atoms. The summed E-state index contributed by atoms with van der Waals surface area (Å²) in [7, 11) is -3.70. The van der Waals surface area contributed by atoms with E-state index in [0.29, 0.717) is 15.1 Å². The molecule has 0 bridgehead atoms. The Morgan fingerprint density at radius 2 is 2.20 bits per heavy atom. The third kappa shape index (κ3) is 4.97. The maximum absolute atomic E-state index is 12.0. The van der Waals surface area contributed by atoms with E-state index in [2.05, 4.69) is 10.6 Å². The van der Waals surface area contributed by atoms with Crippen molar-refractivity contribution in [2.24, 2.45) is 0 Å². The van der Waals surface area contributed by atoms with E-state index in [-0.39, 0.29) is 17.0 Å². The highest BCUT2D eigenvalue weighted by molar-refractivity contribution is 14.1. The Morgan fingerprint density at radius 1 is 1.50 bits per heavy atom. The lowest BCUT2D eigenvalue weighted by atomic mass is 10.2. The quantitative estimate of drug-likeness (QED) is 0.394. The summed E-state index contributed by atoms with van der Waals surface area (Å²) in [4.78, 5) is 10.9. The number of halogens is 1. The average Bonchev–Trinajstić information content (AvgIpc) is 2.38. The Balaban J connectivity index is 2.80. The number of rotatable bonds is 7. The molecule has 8 heteroatoms. The molecule has 0 aliphatic carbocycles. The molecule has 0 radical (unpaired) electrons. The van der Waals surface area contributed by atoms with Crippen LogP contribution in [0.4, 0.5) is 0 Å². The highest BCUT2D eigenvalue weighted by Gasteiger charge is 2.17. The number of terminal acetylenes is 1. The second kappa shape index (κ2) is 7.87.